The second kappa shape index (κ2) is 6.68. The van der Waals surface area contributed by atoms with Crippen molar-refractivity contribution in [3.05, 3.63) is 29.8 Å². The number of carbonyl (C=O) groups is 2. The lowest BCUT2D eigenvalue weighted by Crippen LogP contribution is -2.39. The molecule has 0 radical (unpaired) electrons. The molecule has 2 N–H and O–H groups in total. The number of benzene rings is 1. The number of carboxylic acid groups (broad SMARTS) is 2. The van der Waals surface area contributed by atoms with E-state index in [9.17, 15) is 18.0 Å². The molecule has 0 unspecified atom stereocenters. The van der Waals surface area contributed by atoms with E-state index in [0.717, 1.165) is 5.56 Å². The molecule has 7 nitrogen and oxygen atoms in total. The van der Waals surface area contributed by atoms with Crippen LogP contribution in [-0.2, 0) is 19.6 Å². The fraction of sp³-hybridized carbons (Fsp3) is 0.385. The van der Waals surface area contributed by atoms with Gasteiger partial charge in [-0.25, -0.2) is 8.42 Å². The van der Waals surface area contributed by atoms with E-state index in [1.807, 2.05) is 13.8 Å². The standard InChI is InChI=1S/C13H17NO6S/c1-9(2)10-3-5-11(6-4-10)21(19,20)14(7-12(15)16)8-13(17)18/h3-6,9H,7-8H2,1-2H3,(H,15,16)(H,17,18). The highest BCUT2D eigenvalue weighted by Crippen LogP contribution is 2.20. The van der Waals surface area contributed by atoms with Gasteiger partial charge in [-0.15, -0.1) is 0 Å². The highest BCUT2D eigenvalue weighted by molar-refractivity contribution is 7.89. The third-order valence-corrected chi connectivity index (χ3v) is 4.61. The summed E-state index contributed by atoms with van der Waals surface area (Å²) < 4.78 is 25.0. The van der Waals surface area contributed by atoms with Gasteiger partial charge in [-0.3, -0.25) is 9.59 Å². The lowest BCUT2D eigenvalue weighted by atomic mass is 10.0. The van der Waals surface area contributed by atoms with Crippen LogP contribution < -0.4 is 0 Å². The van der Waals surface area contributed by atoms with E-state index in [2.05, 4.69) is 0 Å². The molecule has 0 aromatic heterocycles. The largest absolute Gasteiger partial charge is 0.480 e. The molecule has 1 aromatic carbocycles. The Morgan fingerprint density at radius 2 is 1.48 bits per heavy atom. The Morgan fingerprint density at radius 3 is 1.81 bits per heavy atom. The molecule has 0 spiro atoms. The molecule has 0 aliphatic heterocycles. The normalized spacial score (nSPS) is 11.8. The van der Waals surface area contributed by atoms with Crippen molar-refractivity contribution in [2.45, 2.75) is 24.7 Å². The maximum Gasteiger partial charge on any atom is 0.318 e. The second-order valence-corrected chi connectivity index (χ2v) is 6.72. The summed E-state index contributed by atoms with van der Waals surface area (Å²) in [6.07, 6.45) is 0. The van der Waals surface area contributed by atoms with Gasteiger partial charge in [-0.1, -0.05) is 26.0 Å². The van der Waals surface area contributed by atoms with Crippen LogP contribution in [0.2, 0.25) is 0 Å². The molecule has 0 saturated carbocycles. The van der Waals surface area contributed by atoms with Gasteiger partial charge in [0.2, 0.25) is 10.0 Å². The molecule has 116 valence electrons. The van der Waals surface area contributed by atoms with Gasteiger partial charge >= 0.3 is 11.9 Å². The van der Waals surface area contributed by atoms with Gasteiger partial charge in [0, 0.05) is 0 Å². The number of aliphatic carboxylic acids is 2. The smallest absolute Gasteiger partial charge is 0.318 e. The van der Waals surface area contributed by atoms with Crippen molar-refractivity contribution in [2.24, 2.45) is 0 Å². The van der Waals surface area contributed by atoms with Crippen LogP contribution in [0.3, 0.4) is 0 Å². The van der Waals surface area contributed by atoms with E-state index >= 15 is 0 Å². The summed E-state index contributed by atoms with van der Waals surface area (Å²) in [5, 5.41) is 17.4. The van der Waals surface area contributed by atoms with E-state index in [1.54, 1.807) is 12.1 Å². The lowest BCUT2D eigenvalue weighted by molar-refractivity contribution is -0.139. The monoisotopic (exact) mass is 315 g/mol. The predicted octanol–water partition coefficient (Wildman–Crippen LogP) is 0.970. The van der Waals surface area contributed by atoms with Crippen LogP contribution in [0.15, 0.2) is 29.2 Å². The summed E-state index contributed by atoms with van der Waals surface area (Å²) in [5.41, 5.74) is 0.928. The van der Waals surface area contributed by atoms with Crippen LogP contribution in [0.5, 0.6) is 0 Å². The highest BCUT2D eigenvalue weighted by Gasteiger charge is 2.28. The van der Waals surface area contributed by atoms with Crippen molar-refractivity contribution in [2.75, 3.05) is 13.1 Å². The summed E-state index contributed by atoms with van der Waals surface area (Å²) in [4.78, 5) is 21.3. The Balaban J connectivity index is 3.15. The number of carboxylic acids is 2. The van der Waals surface area contributed by atoms with Gasteiger partial charge in [0.15, 0.2) is 0 Å². The first-order valence-corrected chi connectivity index (χ1v) is 7.62. The van der Waals surface area contributed by atoms with Gasteiger partial charge in [-0.05, 0) is 23.6 Å². The number of hydrogen-bond acceptors (Lipinski definition) is 4. The van der Waals surface area contributed by atoms with E-state index in [-0.39, 0.29) is 10.8 Å². The van der Waals surface area contributed by atoms with Gasteiger partial charge in [0.25, 0.3) is 0 Å². The Kier molecular flexibility index (Phi) is 5.45. The average Bonchev–Trinajstić information content (AvgIpc) is 2.37. The maximum absolute atomic E-state index is 12.3. The highest BCUT2D eigenvalue weighted by atomic mass is 32.2. The minimum atomic E-state index is -4.16. The Bertz CT molecular complexity index is 605. The number of hydrogen-bond donors (Lipinski definition) is 2. The molecule has 1 aromatic rings. The minimum Gasteiger partial charge on any atom is -0.480 e. The van der Waals surface area contributed by atoms with Gasteiger partial charge in [-0.2, -0.15) is 4.31 Å². The summed E-state index contributed by atoms with van der Waals surface area (Å²) in [7, 11) is -4.16. The maximum atomic E-state index is 12.3. The molecule has 1 rings (SSSR count). The average molecular weight is 315 g/mol. The van der Waals surface area contributed by atoms with Crippen molar-refractivity contribution in [1.82, 2.24) is 4.31 Å². The van der Waals surface area contributed by atoms with Crippen molar-refractivity contribution >= 4 is 22.0 Å². The first-order valence-electron chi connectivity index (χ1n) is 6.18. The molecular formula is C13H17NO6S. The third-order valence-electron chi connectivity index (χ3n) is 2.81. The fourth-order valence-corrected chi connectivity index (χ4v) is 3.04. The summed E-state index contributed by atoms with van der Waals surface area (Å²) in [5.74, 6) is -2.62. The number of nitrogens with zero attached hydrogens (tertiary/aromatic N) is 1. The van der Waals surface area contributed by atoms with E-state index in [1.165, 1.54) is 12.1 Å². The molecule has 0 aliphatic carbocycles. The predicted molar refractivity (Wildman–Crippen MR) is 74.6 cm³/mol. The molecule has 0 saturated heterocycles. The van der Waals surface area contributed by atoms with E-state index < -0.39 is 35.1 Å². The minimum absolute atomic E-state index is 0.130. The molecule has 0 heterocycles. The quantitative estimate of drug-likeness (QED) is 0.775. The zero-order valence-electron chi connectivity index (χ0n) is 11.7. The molecule has 21 heavy (non-hydrogen) atoms. The van der Waals surface area contributed by atoms with Crippen molar-refractivity contribution in [3.8, 4) is 0 Å². The van der Waals surface area contributed by atoms with E-state index in [4.69, 9.17) is 10.2 Å². The Labute approximate surface area is 122 Å². The number of sulfonamides is 1. The Hall–Kier alpha value is -1.93. The van der Waals surface area contributed by atoms with E-state index in [0.29, 0.717) is 4.31 Å². The molecule has 0 bridgehead atoms. The SMILES string of the molecule is CC(C)c1ccc(S(=O)(=O)N(CC(=O)O)CC(=O)O)cc1. The zero-order chi connectivity index (χ0) is 16.2. The molecule has 0 atom stereocenters. The molecule has 8 heteroatoms. The first-order chi connectivity index (χ1) is 9.64. The van der Waals surface area contributed by atoms with Crippen LogP contribution in [0.25, 0.3) is 0 Å². The third kappa shape index (κ3) is 4.54. The van der Waals surface area contributed by atoms with Crippen LogP contribution in [-0.4, -0.2) is 48.0 Å². The van der Waals surface area contributed by atoms with Crippen molar-refractivity contribution in [3.63, 3.8) is 0 Å². The second-order valence-electron chi connectivity index (χ2n) is 4.78. The molecule has 0 aliphatic rings. The molecule has 0 fully saturated rings. The van der Waals surface area contributed by atoms with Gasteiger partial charge in [0.05, 0.1) is 4.90 Å². The summed E-state index contributed by atoms with van der Waals surface area (Å²) in [6.45, 7) is 2.09. The van der Waals surface area contributed by atoms with Crippen LogP contribution in [0, 0.1) is 0 Å². The van der Waals surface area contributed by atoms with Gasteiger partial charge in [0.1, 0.15) is 13.1 Å². The lowest BCUT2D eigenvalue weighted by Gasteiger charge is -2.18. The first kappa shape index (κ1) is 17.1. The van der Waals surface area contributed by atoms with Crippen molar-refractivity contribution < 1.29 is 28.2 Å². The Morgan fingerprint density at radius 1 is 1.05 bits per heavy atom. The summed E-state index contributed by atoms with van der Waals surface area (Å²) >= 11 is 0. The molecule has 0 amide bonds. The number of rotatable bonds is 7. The topological polar surface area (TPSA) is 112 Å². The van der Waals surface area contributed by atoms with Crippen LogP contribution >= 0.6 is 0 Å². The van der Waals surface area contributed by atoms with Gasteiger partial charge < -0.3 is 10.2 Å². The van der Waals surface area contributed by atoms with Crippen LogP contribution in [0.1, 0.15) is 25.3 Å². The molecular weight excluding hydrogens is 298 g/mol. The fourth-order valence-electron chi connectivity index (χ4n) is 1.70. The van der Waals surface area contributed by atoms with Crippen LogP contribution in [0.4, 0.5) is 0 Å². The van der Waals surface area contributed by atoms with Crippen molar-refractivity contribution in [1.29, 1.82) is 0 Å². The summed E-state index contributed by atoms with van der Waals surface area (Å²) in [6, 6.07) is 5.94. The zero-order valence-corrected chi connectivity index (χ0v) is 12.5.